The molecule has 0 heterocycles. The molecule has 1 aromatic rings. The van der Waals surface area contributed by atoms with E-state index in [9.17, 15) is 4.79 Å². The van der Waals surface area contributed by atoms with Crippen molar-refractivity contribution in [2.45, 2.75) is 34.1 Å². The van der Waals surface area contributed by atoms with E-state index in [1.807, 2.05) is 38.1 Å². The number of nitrogens with one attached hydrogen (secondary N) is 2. The van der Waals surface area contributed by atoms with E-state index in [1.165, 1.54) is 0 Å². The maximum atomic E-state index is 11.6. The van der Waals surface area contributed by atoms with Gasteiger partial charge in [0.2, 0.25) is 5.91 Å². The van der Waals surface area contributed by atoms with Crippen LogP contribution in [0.4, 0.5) is 5.69 Å². The Morgan fingerprint density at radius 2 is 1.76 bits per heavy atom. The molecule has 5 heteroatoms. The second-order valence-electron chi connectivity index (χ2n) is 5.83. The van der Waals surface area contributed by atoms with Gasteiger partial charge in [-0.25, -0.2) is 0 Å². The average Bonchev–Trinajstić information content (AvgIpc) is 2.36. The molecular weight excluding hydrogens is 284 g/mol. The molecule has 0 spiro atoms. The summed E-state index contributed by atoms with van der Waals surface area (Å²) in [7, 11) is 0. The number of benzene rings is 1. The van der Waals surface area contributed by atoms with Crippen molar-refractivity contribution in [3.05, 3.63) is 24.3 Å². The zero-order valence-corrected chi connectivity index (χ0v) is 13.9. The average molecular weight is 308 g/mol. The van der Waals surface area contributed by atoms with E-state index in [1.54, 1.807) is 0 Å². The summed E-state index contributed by atoms with van der Waals surface area (Å²) >= 11 is 5.11. The van der Waals surface area contributed by atoms with Crippen molar-refractivity contribution in [1.82, 2.24) is 5.32 Å². The monoisotopic (exact) mass is 308 g/mol. The summed E-state index contributed by atoms with van der Waals surface area (Å²) in [6, 6.07) is 7.50. The Balaban J connectivity index is 2.44. The quantitative estimate of drug-likeness (QED) is 0.789. The van der Waals surface area contributed by atoms with E-state index in [4.69, 9.17) is 17.0 Å². The van der Waals surface area contributed by atoms with Crippen LogP contribution < -0.4 is 15.4 Å². The smallest absolute Gasteiger partial charge is 0.226 e. The van der Waals surface area contributed by atoms with Crippen LogP contribution in [0.1, 0.15) is 34.1 Å². The summed E-state index contributed by atoms with van der Waals surface area (Å²) in [5.41, 5.74) is 0.821. The summed E-state index contributed by atoms with van der Waals surface area (Å²) < 4.78 is 5.61. The minimum atomic E-state index is -0.0700. The number of hydrogen-bond donors (Lipinski definition) is 2. The Morgan fingerprint density at radius 3 is 2.29 bits per heavy atom. The number of rotatable bonds is 6. The Bertz CT molecular complexity index is 470. The number of amides is 1. The first-order valence-electron chi connectivity index (χ1n) is 7.20. The van der Waals surface area contributed by atoms with Crippen LogP contribution >= 0.6 is 12.2 Å². The minimum Gasteiger partial charge on any atom is -0.493 e. The second kappa shape index (κ2) is 8.62. The molecule has 0 atom stereocenters. The topological polar surface area (TPSA) is 50.4 Å². The summed E-state index contributed by atoms with van der Waals surface area (Å²) in [6.07, 6.45) is 0.462. The van der Waals surface area contributed by atoms with Crippen molar-refractivity contribution in [1.29, 1.82) is 0 Å². The van der Waals surface area contributed by atoms with E-state index in [-0.39, 0.29) is 5.91 Å². The fourth-order valence-corrected chi connectivity index (χ4v) is 1.84. The van der Waals surface area contributed by atoms with Gasteiger partial charge in [-0.3, -0.25) is 4.79 Å². The van der Waals surface area contributed by atoms with Gasteiger partial charge in [-0.2, -0.15) is 0 Å². The van der Waals surface area contributed by atoms with Gasteiger partial charge in [-0.1, -0.05) is 27.7 Å². The molecule has 0 radical (unpaired) electrons. The van der Waals surface area contributed by atoms with Crippen LogP contribution in [0.3, 0.4) is 0 Å². The standard InChI is InChI=1S/C16H24N2O2S/c1-11(2)9-15(19)18-16(21)17-13-5-7-14(8-6-13)20-10-12(3)4/h5-8,11-12H,9-10H2,1-4H3,(H2,17,18,19,21). The zero-order valence-electron chi connectivity index (χ0n) is 13.1. The number of hydrogen-bond acceptors (Lipinski definition) is 3. The van der Waals surface area contributed by atoms with Crippen molar-refractivity contribution in [3.8, 4) is 5.75 Å². The first-order valence-corrected chi connectivity index (χ1v) is 7.61. The van der Waals surface area contributed by atoms with Crippen molar-refractivity contribution in [3.63, 3.8) is 0 Å². The SMILES string of the molecule is CC(C)COc1ccc(NC(=S)NC(=O)CC(C)C)cc1. The predicted molar refractivity (Wildman–Crippen MR) is 90.6 cm³/mol. The van der Waals surface area contributed by atoms with Crippen LogP contribution in [-0.2, 0) is 4.79 Å². The highest BCUT2D eigenvalue weighted by Gasteiger charge is 2.07. The van der Waals surface area contributed by atoms with Crippen LogP contribution in [0.15, 0.2) is 24.3 Å². The predicted octanol–water partition coefficient (Wildman–Crippen LogP) is 3.58. The van der Waals surface area contributed by atoms with Gasteiger partial charge in [0.15, 0.2) is 5.11 Å². The maximum absolute atomic E-state index is 11.6. The fourth-order valence-electron chi connectivity index (χ4n) is 1.61. The Labute approximate surface area is 132 Å². The van der Waals surface area contributed by atoms with Gasteiger partial charge in [0.25, 0.3) is 0 Å². The van der Waals surface area contributed by atoms with Crippen LogP contribution in [0.2, 0.25) is 0 Å². The number of carbonyl (C=O) groups excluding carboxylic acids is 1. The lowest BCUT2D eigenvalue weighted by molar-refractivity contribution is -0.120. The molecule has 116 valence electrons. The lowest BCUT2D eigenvalue weighted by atomic mass is 10.1. The van der Waals surface area contributed by atoms with Gasteiger partial charge in [0.05, 0.1) is 6.61 Å². The van der Waals surface area contributed by atoms with Crippen LogP contribution in [0, 0.1) is 11.8 Å². The molecule has 0 aliphatic carbocycles. The molecule has 1 aromatic carbocycles. The maximum Gasteiger partial charge on any atom is 0.226 e. The van der Waals surface area contributed by atoms with E-state index in [2.05, 4.69) is 24.5 Å². The number of thiocarbonyl (C=S) groups is 1. The summed E-state index contributed by atoms with van der Waals surface area (Å²) in [4.78, 5) is 11.6. The van der Waals surface area contributed by atoms with E-state index in [0.717, 1.165) is 11.4 Å². The number of ether oxygens (including phenoxy) is 1. The number of carbonyl (C=O) groups is 1. The summed E-state index contributed by atoms with van der Waals surface area (Å²) in [6.45, 7) is 8.89. The Morgan fingerprint density at radius 1 is 1.14 bits per heavy atom. The molecule has 0 fully saturated rings. The van der Waals surface area contributed by atoms with Crippen LogP contribution in [0.5, 0.6) is 5.75 Å². The van der Waals surface area contributed by atoms with Crippen molar-refractivity contribution in [2.75, 3.05) is 11.9 Å². The minimum absolute atomic E-state index is 0.0700. The van der Waals surface area contributed by atoms with Gasteiger partial charge in [0.1, 0.15) is 5.75 Å². The molecule has 0 unspecified atom stereocenters. The molecule has 21 heavy (non-hydrogen) atoms. The first kappa shape index (κ1) is 17.4. The third-order valence-electron chi connectivity index (χ3n) is 2.54. The molecular formula is C16H24N2O2S. The van der Waals surface area contributed by atoms with Gasteiger partial charge >= 0.3 is 0 Å². The van der Waals surface area contributed by atoms with Crippen LogP contribution in [0.25, 0.3) is 0 Å². The highest BCUT2D eigenvalue weighted by atomic mass is 32.1. The lowest BCUT2D eigenvalue weighted by Crippen LogP contribution is -2.34. The van der Waals surface area contributed by atoms with E-state index >= 15 is 0 Å². The molecule has 0 aliphatic rings. The first-order chi connectivity index (χ1) is 9.86. The van der Waals surface area contributed by atoms with E-state index < -0.39 is 0 Å². The molecule has 0 saturated carbocycles. The molecule has 0 aliphatic heterocycles. The third-order valence-corrected chi connectivity index (χ3v) is 2.75. The number of anilines is 1. The zero-order chi connectivity index (χ0) is 15.8. The molecule has 1 rings (SSSR count). The van der Waals surface area contributed by atoms with Gasteiger partial charge in [-0.05, 0) is 48.3 Å². The van der Waals surface area contributed by atoms with Gasteiger partial charge < -0.3 is 15.4 Å². The van der Waals surface area contributed by atoms with Crippen LogP contribution in [-0.4, -0.2) is 17.6 Å². The lowest BCUT2D eigenvalue weighted by Gasteiger charge is -2.12. The van der Waals surface area contributed by atoms with Crippen molar-refractivity contribution < 1.29 is 9.53 Å². The molecule has 4 nitrogen and oxygen atoms in total. The fraction of sp³-hybridized carbons (Fsp3) is 0.500. The molecule has 0 bridgehead atoms. The van der Waals surface area contributed by atoms with Crippen molar-refractivity contribution >= 4 is 28.9 Å². The van der Waals surface area contributed by atoms with Gasteiger partial charge in [-0.15, -0.1) is 0 Å². The summed E-state index contributed by atoms with van der Waals surface area (Å²) in [5.74, 6) is 1.56. The highest BCUT2D eigenvalue weighted by molar-refractivity contribution is 7.80. The normalized spacial score (nSPS) is 10.6. The third kappa shape index (κ3) is 7.66. The highest BCUT2D eigenvalue weighted by Crippen LogP contribution is 2.16. The molecule has 0 aromatic heterocycles. The Kier molecular flexibility index (Phi) is 7.15. The van der Waals surface area contributed by atoms with Crippen molar-refractivity contribution in [2.24, 2.45) is 11.8 Å². The second-order valence-corrected chi connectivity index (χ2v) is 6.24. The molecule has 2 N–H and O–H groups in total. The molecule has 0 saturated heterocycles. The summed E-state index contributed by atoms with van der Waals surface area (Å²) in [5, 5.41) is 5.96. The largest absolute Gasteiger partial charge is 0.493 e. The van der Waals surface area contributed by atoms with E-state index in [0.29, 0.717) is 30.0 Å². The Hall–Kier alpha value is -1.62. The molecule has 1 amide bonds. The van der Waals surface area contributed by atoms with Gasteiger partial charge in [0, 0.05) is 12.1 Å².